The number of hydrogen-bond donors (Lipinski definition) is 0. The molecule has 32 heavy (non-hydrogen) atoms. The highest BCUT2D eigenvalue weighted by molar-refractivity contribution is 7.99. The molecular weight excluding hydrogens is 452 g/mol. The number of ether oxygens (including phenoxy) is 2. The van der Waals surface area contributed by atoms with Gasteiger partial charge >= 0.3 is 0 Å². The predicted octanol–water partition coefficient (Wildman–Crippen LogP) is 5.30. The predicted molar refractivity (Wildman–Crippen MR) is 125 cm³/mol. The molecule has 0 amide bonds. The molecule has 0 N–H and O–H groups in total. The van der Waals surface area contributed by atoms with Crippen molar-refractivity contribution in [1.29, 1.82) is 0 Å². The van der Waals surface area contributed by atoms with Crippen molar-refractivity contribution < 1.29 is 14.4 Å². The van der Waals surface area contributed by atoms with Crippen LogP contribution in [0, 0.1) is 17.0 Å². The number of aromatic nitrogens is 3. The number of benzene rings is 2. The summed E-state index contributed by atoms with van der Waals surface area (Å²) in [5.41, 5.74) is 1.53. The molecule has 0 saturated carbocycles. The van der Waals surface area contributed by atoms with Gasteiger partial charge in [-0.25, -0.2) is 0 Å². The topological polar surface area (TPSA) is 92.3 Å². The van der Waals surface area contributed by atoms with E-state index in [1.54, 1.807) is 24.3 Å². The lowest BCUT2D eigenvalue weighted by molar-refractivity contribution is -0.479. The van der Waals surface area contributed by atoms with Crippen molar-refractivity contribution in [2.45, 2.75) is 24.3 Å². The van der Waals surface area contributed by atoms with E-state index >= 15 is 0 Å². The summed E-state index contributed by atoms with van der Waals surface area (Å²) >= 11 is 7.60. The fraction of sp³-hybridized carbons (Fsp3) is 0.273. The highest BCUT2D eigenvalue weighted by Gasteiger charge is 2.24. The van der Waals surface area contributed by atoms with Gasteiger partial charge < -0.3 is 9.47 Å². The smallest absolute Gasteiger partial charge is 0.220 e. The van der Waals surface area contributed by atoms with Gasteiger partial charge in [-0.3, -0.25) is 14.7 Å². The molecule has 1 atom stereocenters. The number of halogens is 1. The molecule has 8 nitrogen and oxygen atoms in total. The number of nitro groups is 1. The first-order valence-electron chi connectivity index (χ1n) is 9.89. The summed E-state index contributed by atoms with van der Waals surface area (Å²) in [4.78, 5) is 11.0. The second-order valence-electron chi connectivity index (χ2n) is 6.70. The van der Waals surface area contributed by atoms with E-state index in [2.05, 4.69) is 16.8 Å². The fourth-order valence-corrected chi connectivity index (χ4v) is 4.44. The molecule has 0 saturated heterocycles. The first-order valence-corrected chi connectivity index (χ1v) is 11.2. The normalized spacial score (nSPS) is 11.7. The Bertz CT molecular complexity index is 1090. The molecule has 0 bridgehead atoms. The zero-order chi connectivity index (χ0) is 23.1. The lowest BCUT2D eigenvalue weighted by atomic mass is 10.1. The molecule has 3 rings (SSSR count). The van der Waals surface area contributed by atoms with Crippen molar-refractivity contribution in [2.75, 3.05) is 19.8 Å². The highest BCUT2D eigenvalue weighted by atomic mass is 35.5. The molecule has 0 aliphatic carbocycles. The Morgan fingerprint density at radius 3 is 2.62 bits per heavy atom. The molecule has 0 aliphatic heterocycles. The average molecular weight is 475 g/mol. The summed E-state index contributed by atoms with van der Waals surface area (Å²) in [7, 11) is 0. The van der Waals surface area contributed by atoms with Gasteiger partial charge in [-0.1, -0.05) is 42.1 Å². The maximum atomic E-state index is 11.4. The average Bonchev–Trinajstić information content (AvgIpc) is 3.13. The van der Waals surface area contributed by atoms with Crippen molar-refractivity contribution in [1.82, 2.24) is 14.8 Å². The lowest BCUT2D eigenvalue weighted by Crippen LogP contribution is -2.11. The van der Waals surface area contributed by atoms with Crippen LogP contribution in [-0.4, -0.2) is 39.4 Å². The Morgan fingerprint density at radius 1 is 1.25 bits per heavy atom. The Labute approximate surface area is 195 Å². The highest BCUT2D eigenvalue weighted by Crippen LogP contribution is 2.38. The zero-order valence-electron chi connectivity index (χ0n) is 17.7. The van der Waals surface area contributed by atoms with Gasteiger partial charge in [0.2, 0.25) is 6.54 Å². The number of hydrogen-bond acceptors (Lipinski definition) is 7. The molecule has 0 aliphatic rings. The lowest BCUT2D eigenvalue weighted by Gasteiger charge is -2.16. The number of rotatable bonds is 11. The second kappa shape index (κ2) is 11.0. The third-order valence-electron chi connectivity index (χ3n) is 4.45. The molecule has 10 heteroatoms. The van der Waals surface area contributed by atoms with E-state index in [4.69, 9.17) is 21.1 Å². The van der Waals surface area contributed by atoms with E-state index < -0.39 is 5.25 Å². The quantitative estimate of drug-likeness (QED) is 0.161. The second-order valence-corrected chi connectivity index (χ2v) is 8.28. The Morgan fingerprint density at radius 2 is 2.00 bits per heavy atom. The Hall–Kier alpha value is -3.04. The van der Waals surface area contributed by atoms with Crippen LogP contribution in [0.3, 0.4) is 0 Å². The molecule has 3 aromatic rings. The minimum absolute atomic E-state index is 0.303. The van der Waals surface area contributed by atoms with E-state index in [0.717, 1.165) is 11.4 Å². The number of nitrogens with zero attached hydrogens (tertiary/aromatic N) is 4. The van der Waals surface area contributed by atoms with Crippen LogP contribution >= 0.6 is 23.4 Å². The molecule has 0 fully saturated rings. The largest absolute Gasteiger partial charge is 0.494 e. The maximum absolute atomic E-state index is 11.4. The molecule has 0 spiro atoms. The van der Waals surface area contributed by atoms with Crippen molar-refractivity contribution >= 4 is 23.4 Å². The van der Waals surface area contributed by atoms with Crippen LogP contribution in [-0.2, 0) is 0 Å². The van der Waals surface area contributed by atoms with Crippen molar-refractivity contribution in [3.8, 4) is 17.2 Å². The molecule has 0 unspecified atom stereocenters. The number of aryl methyl sites for hydroxylation is 1. The van der Waals surface area contributed by atoms with Crippen LogP contribution in [0.1, 0.15) is 23.6 Å². The summed E-state index contributed by atoms with van der Waals surface area (Å²) in [6, 6.07) is 12.7. The van der Waals surface area contributed by atoms with E-state index in [1.165, 1.54) is 11.8 Å². The van der Waals surface area contributed by atoms with Crippen LogP contribution in [0.2, 0.25) is 5.02 Å². The van der Waals surface area contributed by atoms with Crippen LogP contribution in [0.15, 0.2) is 60.3 Å². The van der Waals surface area contributed by atoms with Crippen LogP contribution in [0.25, 0.3) is 5.69 Å². The molecule has 168 valence electrons. The van der Waals surface area contributed by atoms with Gasteiger partial charge in [0.25, 0.3) is 0 Å². The summed E-state index contributed by atoms with van der Waals surface area (Å²) in [6.07, 6.45) is 1.62. The van der Waals surface area contributed by atoms with Gasteiger partial charge in [-0.15, -0.1) is 10.2 Å². The van der Waals surface area contributed by atoms with E-state index in [-0.39, 0.29) is 11.5 Å². The van der Waals surface area contributed by atoms with Crippen molar-refractivity contribution in [2.24, 2.45) is 0 Å². The minimum atomic E-state index is -0.527. The molecule has 2 aromatic carbocycles. The van der Waals surface area contributed by atoms with Gasteiger partial charge in [-0.2, -0.15) is 0 Å². The summed E-state index contributed by atoms with van der Waals surface area (Å²) in [5, 5.41) is 20.2. The third-order valence-corrected chi connectivity index (χ3v) is 5.92. The number of thioether (sulfide) groups is 1. The fourth-order valence-electron chi connectivity index (χ4n) is 3.03. The molecule has 1 heterocycles. The van der Waals surface area contributed by atoms with Gasteiger partial charge in [-0.05, 0) is 55.8 Å². The first kappa shape index (κ1) is 23.6. The maximum Gasteiger partial charge on any atom is 0.220 e. The van der Waals surface area contributed by atoms with Gasteiger partial charge in [0.15, 0.2) is 5.16 Å². The van der Waals surface area contributed by atoms with E-state index in [0.29, 0.717) is 40.5 Å². The van der Waals surface area contributed by atoms with Crippen LogP contribution in [0.4, 0.5) is 0 Å². The summed E-state index contributed by atoms with van der Waals surface area (Å²) in [5.74, 6) is 1.92. The molecule has 0 radical (unpaired) electrons. The standard InChI is InChI=1S/C22H23ClN4O4S/c1-4-12-31-20-11-6-16(13-19(20)23)21(14-26(28)29)32-22-25-24-15(3)27(22)17-7-9-18(10-8-17)30-5-2/h4,6-11,13,21H,1,5,12,14H2,2-3H3/t21-/m0/s1. The molecular formula is C22H23ClN4O4S. The summed E-state index contributed by atoms with van der Waals surface area (Å²) < 4.78 is 12.9. The third kappa shape index (κ3) is 5.80. The van der Waals surface area contributed by atoms with Gasteiger partial charge in [0, 0.05) is 10.6 Å². The van der Waals surface area contributed by atoms with Gasteiger partial charge in [0.1, 0.15) is 29.2 Å². The van der Waals surface area contributed by atoms with E-state index in [9.17, 15) is 10.1 Å². The first-order chi connectivity index (χ1) is 15.4. The Kier molecular flexibility index (Phi) is 8.13. The van der Waals surface area contributed by atoms with Crippen LogP contribution < -0.4 is 9.47 Å². The zero-order valence-corrected chi connectivity index (χ0v) is 19.3. The monoisotopic (exact) mass is 474 g/mol. The molecule has 1 aromatic heterocycles. The van der Waals surface area contributed by atoms with Gasteiger partial charge in [0.05, 0.1) is 11.6 Å². The van der Waals surface area contributed by atoms with Crippen molar-refractivity contribution in [3.63, 3.8) is 0 Å². The Balaban J connectivity index is 1.91. The SMILES string of the molecule is C=CCOc1ccc([C@H](C[N+](=O)[O-])Sc2nnc(C)n2-c2ccc(OCC)cc2)cc1Cl. The van der Waals surface area contributed by atoms with Crippen molar-refractivity contribution in [3.05, 3.63) is 81.6 Å². The van der Waals surface area contributed by atoms with Crippen LogP contribution in [0.5, 0.6) is 11.5 Å². The summed E-state index contributed by atoms with van der Waals surface area (Å²) in [6.45, 7) is 7.96. The van der Waals surface area contributed by atoms with E-state index in [1.807, 2.05) is 42.7 Å². The minimum Gasteiger partial charge on any atom is -0.494 e.